The van der Waals surface area contributed by atoms with Crippen molar-refractivity contribution in [3.63, 3.8) is 0 Å². The predicted molar refractivity (Wildman–Crippen MR) is 100.0 cm³/mol. The molecule has 0 bridgehead atoms. The number of nitrogens with one attached hydrogen (secondary N) is 2. The summed E-state index contributed by atoms with van der Waals surface area (Å²) in [5, 5.41) is 5.84. The number of amides is 2. The molecule has 1 fully saturated rings. The van der Waals surface area contributed by atoms with Gasteiger partial charge >= 0.3 is 0 Å². The lowest BCUT2D eigenvalue weighted by molar-refractivity contribution is -0.121. The van der Waals surface area contributed by atoms with Crippen LogP contribution in [0.4, 0.5) is 5.69 Å². The third-order valence-electron chi connectivity index (χ3n) is 5.30. The van der Waals surface area contributed by atoms with Gasteiger partial charge in [-0.1, -0.05) is 26.7 Å². The molecule has 0 saturated heterocycles. The normalized spacial score (nSPS) is 26.8. The lowest BCUT2D eigenvalue weighted by Crippen LogP contribution is -2.46. The Bertz CT molecular complexity index is 664. The number of hydrogen-bond acceptors (Lipinski definition) is 4. The summed E-state index contributed by atoms with van der Waals surface area (Å²) >= 11 is 1.50. The average Bonchev–Trinajstić information content (AvgIpc) is 2.58. The molecule has 4 atom stereocenters. The summed E-state index contributed by atoms with van der Waals surface area (Å²) in [4.78, 5) is 25.0. The summed E-state index contributed by atoms with van der Waals surface area (Å²) in [5.74, 6) is 1.78. The zero-order chi connectivity index (χ0) is 18.0. The third-order valence-corrected chi connectivity index (χ3v) is 6.39. The summed E-state index contributed by atoms with van der Waals surface area (Å²) in [7, 11) is 0. The Labute approximate surface area is 153 Å². The average molecular weight is 362 g/mol. The molecular formula is C19H26N2O3S. The Morgan fingerprint density at radius 1 is 1.36 bits per heavy atom. The SMILES string of the molecule is C[C@H]1[C@@H](C)CCC[C@H]1NC(=O)[C@H](C)Sc1ccc2c(c1)NC(=O)CO2. The van der Waals surface area contributed by atoms with Gasteiger partial charge in [0.2, 0.25) is 5.91 Å². The Morgan fingerprint density at radius 3 is 2.96 bits per heavy atom. The van der Waals surface area contributed by atoms with Crippen LogP contribution in [0.2, 0.25) is 0 Å². The molecule has 0 unspecified atom stereocenters. The van der Waals surface area contributed by atoms with Gasteiger partial charge in [-0.15, -0.1) is 11.8 Å². The van der Waals surface area contributed by atoms with Crippen molar-refractivity contribution < 1.29 is 14.3 Å². The molecule has 136 valence electrons. The number of rotatable bonds is 4. The lowest BCUT2D eigenvalue weighted by atomic mass is 9.78. The fourth-order valence-corrected chi connectivity index (χ4v) is 4.39. The monoisotopic (exact) mass is 362 g/mol. The number of anilines is 1. The minimum atomic E-state index is -0.192. The van der Waals surface area contributed by atoms with Crippen molar-refractivity contribution in [1.29, 1.82) is 0 Å². The second-order valence-electron chi connectivity index (χ2n) is 7.14. The van der Waals surface area contributed by atoms with Crippen LogP contribution in [0.3, 0.4) is 0 Å². The number of fused-ring (bicyclic) bond motifs is 1. The highest BCUT2D eigenvalue weighted by Crippen LogP contribution is 2.34. The first-order valence-corrected chi connectivity index (χ1v) is 9.85. The van der Waals surface area contributed by atoms with Gasteiger partial charge in [-0.3, -0.25) is 9.59 Å². The number of hydrogen-bond donors (Lipinski definition) is 2. The summed E-state index contributed by atoms with van der Waals surface area (Å²) < 4.78 is 5.36. The summed E-state index contributed by atoms with van der Waals surface area (Å²) in [6, 6.07) is 5.91. The molecule has 0 spiro atoms. The molecule has 0 aromatic heterocycles. The van der Waals surface area contributed by atoms with E-state index in [0.717, 1.165) is 11.3 Å². The zero-order valence-corrected chi connectivity index (χ0v) is 15.8. The van der Waals surface area contributed by atoms with Crippen molar-refractivity contribution >= 4 is 29.3 Å². The number of ether oxygens (including phenoxy) is 1. The molecule has 6 heteroatoms. The Morgan fingerprint density at radius 2 is 2.16 bits per heavy atom. The number of carbonyl (C=O) groups is 2. The van der Waals surface area contributed by atoms with Gasteiger partial charge in [-0.2, -0.15) is 0 Å². The van der Waals surface area contributed by atoms with Crippen LogP contribution in [0.1, 0.15) is 40.0 Å². The second kappa shape index (κ2) is 7.68. The van der Waals surface area contributed by atoms with E-state index in [2.05, 4.69) is 24.5 Å². The maximum Gasteiger partial charge on any atom is 0.262 e. The number of thioether (sulfide) groups is 1. The molecule has 1 heterocycles. The molecule has 5 nitrogen and oxygen atoms in total. The number of benzene rings is 1. The standard InChI is InChI=1S/C19H26N2O3S/c1-11-5-4-6-15(12(11)2)21-19(23)13(3)25-14-7-8-17-16(9-14)20-18(22)10-24-17/h7-9,11-13,15H,4-6,10H2,1-3H3,(H,20,22)(H,21,23)/t11-,12-,13-,15+/m0/s1. The maximum atomic E-state index is 12.6. The van der Waals surface area contributed by atoms with Gasteiger partial charge in [-0.25, -0.2) is 0 Å². The van der Waals surface area contributed by atoms with E-state index in [1.807, 2.05) is 25.1 Å². The minimum absolute atomic E-state index is 0.0519. The molecule has 0 radical (unpaired) electrons. The van der Waals surface area contributed by atoms with Crippen molar-refractivity contribution in [2.75, 3.05) is 11.9 Å². The zero-order valence-electron chi connectivity index (χ0n) is 15.0. The van der Waals surface area contributed by atoms with Crippen molar-refractivity contribution in [1.82, 2.24) is 5.32 Å². The van der Waals surface area contributed by atoms with Gasteiger partial charge in [0.05, 0.1) is 10.9 Å². The van der Waals surface area contributed by atoms with Crippen LogP contribution in [0.15, 0.2) is 23.1 Å². The first kappa shape index (κ1) is 18.1. The molecule has 1 aliphatic carbocycles. The summed E-state index contributed by atoms with van der Waals surface area (Å²) in [6.45, 7) is 6.48. The second-order valence-corrected chi connectivity index (χ2v) is 8.55. The van der Waals surface area contributed by atoms with Crippen LogP contribution >= 0.6 is 11.8 Å². The highest BCUT2D eigenvalue weighted by Gasteiger charge is 2.29. The minimum Gasteiger partial charge on any atom is -0.482 e. The van der Waals surface area contributed by atoms with Gasteiger partial charge in [0.15, 0.2) is 6.61 Å². The summed E-state index contributed by atoms with van der Waals surface area (Å²) in [5.41, 5.74) is 0.670. The first-order chi connectivity index (χ1) is 11.9. The molecule has 1 aliphatic heterocycles. The third kappa shape index (κ3) is 4.29. The van der Waals surface area contributed by atoms with E-state index in [9.17, 15) is 9.59 Å². The van der Waals surface area contributed by atoms with Crippen LogP contribution in [0, 0.1) is 11.8 Å². The van der Waals surface area contributed by atoms with E-state index in [1.54, 1.807) is 0 Å². The molecule has 3 rings (SSSR count). The smallest absolute Gasteiger partial charge is 0.262 e. The molecule has 25 heavy (non-hydrogen) atoms. The predicted octanol–water partition coefficient (Wildman–Crippen LogP) is 3.44. The van der Waals surface area contributed by atoms with Crippen LogP contribution in [0.25, 0.3) is 0 Å². The lowest BCUT2D eigenvalue weighted by Gasteiger charge is -2.35. The van der Waals surface area contributed by atoms with Crippen LogP contribution in [-0.2, 0) is 9.59 Å². The first-order valence-electron chi connectivity index (χ1n) is 8.98. The van der Waals surface area contributed by atoms with E-state index < -0.39 is 0 Å². The molecule has 1 aromatic carbocycles. The van der Waals surface area contributed by atoms with Gasteiger partial charge in [-0.05, 0) is 43.4 Å². The maximum absolute atomic E-state index is 12.6. The molecular weight excluding hydrogens is 336 g/mol. The Hall–Kier alpha value is -1.69. The Balaban J connectivity index is 1.60. The summed E-state index contributed by atoms with van der Waals surface area (Å²) in [6.07, 6.45) is 3.50. The fraction of sp³-hybridized carbons (Fsp3) is 0.579. The topological polar surface area (TPSA) is 67.4 Å². The molecule has 1 saturated carbocycles. The van der Waals surface area contributed by atoms with Crippen molar-refractivity contribution in [2.45, 2.75) is 56.2 Å². The van der Waals surface area contributed by atoms with Gasteiger partial charge in [0.1, 0.15) is 5.75 Å². The van der Waals surface area contributed by atoms with Gasteiger partial charge < -0.3 is 15.4 Å². The molecule has 1 aromatic rings. The van der Waals surface area contributed by atoms with E-state index in [-0.39, 0.29) is 29.7 Å². The highest BCUT2D eigenvalue weighted by molar-refractivity contribution is 8.00. The number of carbonyl (C=O) groups excluding carboxylic acids is 2. The van der Waals surface area contributed by atoms with E-state index in [0.29, 0.717) is 23.3 Å². The molecule has 2 amide bonds. The van der Waals surface area contributed by atoms with Crippen LogP contribution in [0.5, 0.6) is 5.75 Å². The van der Waals surface area contributed by atoms with Gasteiger partial charge in [0, 0.05) is 10.9 Å². The van der Waals surface area contributed by atoms with Crippen molar-refractivity contribution in [3.8, 4) is 5.75 Å². The quantitative estimate of drug-likeness (QED) is 0.805. The van der Waals surface area contributed by atoms with E-state index in [1.165, 1.54) is 24.6 Å². The van der Waals surface area contributed by atoms with E-state index in [4.69, 9.17) is 4.74 Å². The fourth-order valence-electron chi connectivity index (χ4n) is 3.48. The van der Waals surface area contributed by atoms with E-state index >= 15 is 0 Å². The van der Waals surface area contributed by atoms with Crippen molar-refractivity contribution in [3.05, 3.63) is 18.2 Å². The largest absolute Gasteiger partial charge is 0.482 e. The van der Waals surface area contributed by atoms with Crippen LogP contribution in [-0.4, -0.2) is 29.7 Å². The van der Waals surface area contributed by atoms with Crippen LogP contribution < -0.4 is 15.4 Å². The van der Waals surface area contributed by atoms with Gasteiger partial charge in [0.25, 0.3) is 5.91 Å². The van der Waals surface area contributed by atoms with Crippen molar-refractivity contribution in [2.24, 2.45) is 11.8 Å². The highest BCUT2D eigenvalue weighted by atomic mass is 32.2. The molecule has 2 N–H and O–H groups in total. The molecule has 2 aliphatic rings. The Kier molecular flexibility index (Phi) is 5.57.